The molecule has 0 aliphatic rings. The molecule has 0 aliphatic heterocycles. The Morgan fingerprint density at radius 1 is 1.54 bits per heavy atom. The van der Waals surface area contributed by atoms with Crippen molar-refractivity contribution < 1.29 is 9.13 Å². The van der Waals surface area contributed by atoms with Crippen molar-refractivity contribution in [3.05, 3.63) is 30.1 Å². The molecule has 0 aromatic carbocycles. The van der Waals surface area contributed by atoms with Gasteiger partial charge in [0.2, 0.25) is 12.7 Å². The van der Waals surface area contributed by atoms with Gasteiger partial charge in [-0.2, -0.15) is 0 Å². The number of imidazole rings is 1. The Morgan fingerprint density at radius 3 is 3.15 bits per heavy atom. The minimum atomic E-state index is -0.830. The molecule has 2 rings (SSSR count). The van der Waals surface area contributed by atoms with E-state index >= 15 is 0 Å². The van der Waals surface area contributed by atoms with Crippen LogP contribution in [0.3, 0.4) is 0 Å². The van der Waals surface area contributed by atoms with Gasteiger partial charge in [-0.1, -0.05) is 6.07 Å². The number of pyridine rings is 1. The van der Waals surface area contributed by atoms with E-state index in [1.165, 1.54) is 0 Å². The highest BCUT2D eigenvalue weighted by Crippen LogP contribution is 2.19. The molecule has 0 aliphatic carbocycles. The van der Waals surface area contributed by atoms with Gasteiger partial charge < -0.3 is 4.74 Å². The lowest BCUT2D eigenvalue weighted by Gasteiger charge is -2.00. The maximum Gasteiger partial charge on any atom is 0.230 e. The highest BCUT2D eigenvalue weighted by Gasteiger charge is 2.07. The van der Waals surface area contributed by atoms with E-state index in [0.717, 1.165) is 5.65 Å². The molecule has 4 heteroatoms. The molecule has 2 aromatic rings. The van der Waals surface area contributed by atoms with E-state index < -0.39 is 6.86 Å². The van der Waals surface area contributed by atoms with Crippen LogP contribution in [0.2, 0.25) is 0 Å². The van der Waals surface area contributed by atoms with Crippen molar-refractivity contribution in [1.82, 2.24) is 9.38 Å². The summed E-state index contributed by atoms with van der Waals surface area (Å²) in [6.45, 7) is 0.960. The summed E-state index contributed by atoms with van der Waals surface area (Å²) in [7, 11) is 0. The summed E-state index contributed by atoms with van der Waals surface area (Å²) < 4.78 is 18.5. The Hall–Kier alpha value is -1.58. The number of rotatable bonds is 2. The average molecular weight is 180 g/mol. The lowest BCUT2D eigenvalue weighted by molar-refractivity contribution is 0.182. The van der Waals surface area contributed by atoms with Gasteiger partial charge in [-0.25, -0.2) is 9.37 Å². The molecule has 0 spiro atoms. The molecule has 0 saturated heterocycles. The summed E-state index contributed by atoms with van der Waals surface area (Å²) in [5, 5.41) is 0. The first kappa shape index (κ1) is 8.04. The maximum atomic E-state index is 12.0. The fourth-order valence-corrected chi connectivity index (χ4v) is 1.32. The first-order chi connectivity index (χ1) is 6.33. The summed E-state index contributed by atoms with van der Waals surface area (Å²) in [5.74, 6) is 0.470. The Morgan fingerprint density at radius 2 is 2.38 bits per heavy atom. The second-order valence-electron chi connectivity index (χ2n) is 2.68. The van der Waals surface area contributed by atoms with E-state index in [-0.39, 0.29) is 0 Å². The number of aryl methyl sites for hydroxylation is 1. The van der Waals surface area contributed by atoms with E-state index in [1.807, 2.05) is 18.2 Å². The highest BCUT2D eigenvalue weighted by molar-refractivity contribution is 5.45. The van der Waals surface area contributed by atoms with Gasteiger partial charge in [0.1, 0.15) is 11.3 Å². The smallest absolute Gasteiger partial charge is 0.230 e. The van der Waals surface area contributed by atoms with Crippen LogP contribution in [0, 0.1) is 6.92 Å². The van der Waals surface area contributed by atoms with E-state index in [4.69, 9.17) is 4.74 Å². The van der Waals surface area contributed by atoms with Crippen molar-refractivity contribution in [3.63, 3.8) is 0 Å². The first-order valence-corrected chi connectivity index (χ1v) is 3.95. The topological polar surface area (TPSA) is 26.5 Å². The largest absolute Gasteiger partial charge is 0.445 e. The second kappa shape index (κ2) is 3.05. The van der Waals surface area contributed by atoms with Crippen LogP contribution < -0.4 is 4.74 Å². The van der Waals surface area contributed by atoms with E-state index in [9.17, 15) is 4.39 Å². The van der Waals surface area contributed by atoms with Crippen LogP contribution in [-0.4, -0.2) is 16.2 Å². The van der Waals surface area contributed by atoms with Gasteiger partial charge in [0.05, 0.1) is 0 Å². The standard InChI is InChI=1S/C9H9FN2O/c1-7-9(13-6-10)12-5-3-2-4-8(12)11-7/h2-5H,6H2,1H3. The SMILES string of the molecule is Cc1nc2ccccn2c1OCF. The Kier molecular flexibility index (Phi) is 1.88. The van der Waals surface area contributed by atoms with Gasteiger partial charge in [0.15, 0.2) is 0 Å². The van der Waals surface area contributed by atoms with Crippen molar-refractivity contribution in [2.45, 2.75) is 6.92 Å². The number of hydrogen-bond donors (Lipinski definition) is 0. The number of aromatic nitrogens is 2. The van der Waals surface area contributed by atoms with Crippen LogP contribution >= 0.6 is 0 Å². The summed E-state index contributed by atoms with van der Waals surface area (Å²) in [6.07, 6.45) is 1.79. The molecule has 0 radical (unpaired) electrons. The highest BCUT2D eigenvalue weighted by atomic mass is 19.1. The molecule has 0 amide bonds. The fourth-order valence-electron chi connectivity index (χ4n) is 1.32. The zero-order valence-corrected chi connectivity index (χ0v) is 7.20. The zero-order chi connectivity index (χ0) is 9.26. The minimum Gasteiger partial charge on any atom is -0.445 e. The third-order valence-corrected chi connectivity index (χ3v) is 1.84. The van der Waals surface area contributed by atoms with Crippen molar-refractivity contribution in [2.75, 3.05) is 6.86 Å². The van der Waals surface area contributed by atoms with Gasteiger partial charge in [-0.05, 0) is 19.1 Å². The molecule has 0 unspecified atom stereocenters. The van der Waals surface area contributed by atoms with E-state index in [0.29, 0.717) is 11.6 Å². The van der Waals surface area contributed by atoms with Crippen LogP contribution in [0.1, 0.15) is 5.69 Å². The second-order valence-corrected chi connectivity index (χ2v) is 2.68. The van der Waals surface area contributed by atoms with Crippen molar-refractivity contribution in [2.24, 2.45) is 0 Å². The third-order valence-electron chi connectivity index (χ3n) is 1.84. The summed E-state index contributed by atoms with van der Waals surface area (Å²) >= 11 is 0. The lowest BCUT2D eigenvalue weighted by Crippen LogP contribution is -1.95. The number of fused-ring (bicyclic) bond motifs is 1. The quantitative estimate of drug-likeness (QED) is 0.706. The van der Waals surface area contributed by atoms with Gasteiger partial charge in [-0.3, -0.25) is 4.40 Å². The fraction of sp³-hybridized carbons (Fsp3) is 0.222. The minimum absolute atomic E-state index is 0.470. The average Bonchev–Trinajstić information content (AvgIpc) is 2.44. The molecular formula is C9H9FN2O. The Bertz CT molecular complexity index is 424. The molecule has 0 fully saturated rings. The normalized spacial score (nSPS) is 10.6. The van der Waals surface area contributed by atoms with Crippen molar-refractivity contribution in [1.29, 1.82) is 0 Å². The van der Waals surface area contributed by atoms with Gasteiger partial charge in [0.25, 0.3) is 0 Å². The molecule has 3 nitrogen and oxygen atoms in total. The third kappa shape index (κ3) is 1.24. The van der Waals surface area contributed by atoms with Crippen LogP contribution in [0.25, 0.3) is 5.65 Å². The van der Waals surface area contributed by atoms with Crippen LogP contribution in [0.4, 0.5) is 4.39 Å². The molecule has 0 saturated carbocycles. The Labute approximate surface area is 74.8 Å². The molecular weight excluding hydrogens is 171 g/mol. The van der Waals surface area contributed by atoms with E-state index in [2.05, 4.69) is 4.98 Å². The lowest BCUT2D eigenvalue weighted by atomic mass is 10.5. The number of halogens is 1. The number of ether oxygens (including phenoxy) is 1. The van der Waals surface area contributed by atoms with Crippen LogP contribution in [0.5, 0.6) is 5.88 Å². The monoisotopic (exact) mass is 180 g/mol. The van der Waals surface area contributed by atoms with Gasteiger partial charge >= 0.3 is 0 Å². The first-order valence-electron chi connectivity index (χ1n) is 3.95. The van der Waals surface area contributed by atoms with Gasteiger partial charge in [0, 0.05) is 6.20 Å². The zero-order valence-electron chi connectivity index (χ0n) is 7.20. The number of alkyl halides is 1. The molecule has 0 bridgehead atoms. The summed E-state index contributed by atoms with van der Waals surface area (Å²) in [6, 6.07) is 5.57. The summed E-state index contributed by atoms with van der Waals surface area (Å²) in [5.41, 5.74) is 1.47. The maximum absolute atomic E-state index is 12.0. The predicted molar refractivity (Wildman–Crippen MR) is 46.5 cm³/mol. The number of hydrogen-bond acceptors (Lipinski definition) is 2. The summed E-state index contributed by atoms with van der Waals surface area (Å²) in [4.78, 5) is 4.20. The molecule has 68 valence electrons. The molecule has 0 N–H and O–H groups in total. The molecule has 0 atom stereocenters. The van der Waals surface area contributed by atoms with Crippen LogP contribution in [-0.2, 0) is 0 Å². The van der Waals surface area contributed by atoms with Crippen molar-refractivity contribution >= 4 is 5.65 Å². The van der Waals surface area contributed by atoms with E-state index in [1.54, 1.807) is 17.5 Å². The Balaban J connectivity index is 2.64. The molecule has 2 heterocycles. The van der Waals surface area contributed by atoms with Crippen molar-refractivity contribution in [3.8, 4) is 5.88 Å². The number of nitrogens with zero attached hydrogens (tertiary/aromatic N) is 2. The predicted octanol–water partition coefficient (Wildman–Crippen LogP) is 1.95. The molecule has 13 heavy (non-hydrogen) atoms. The van der Waals surface area contributed by atoms with Crippen LogP contribution in [0.15, 0.2) is 24.4 Å². The molecule has 2 aromatic heterocycles. The van der Waals surface area contributed by atoms with Gasteiger partial charge in [-0.15, -0.1) is 0 Å².